The molecule has 0 N–H and O–H groups in total. The molecule has 0 radical (unpaired) electrons. The van der Waals surface area contributed by atoms with Crippen LogP contribution in [0.4, 0.5) is 17.3 Å². The molecule has 2 atom stereocenters. The predicted molar refractivity (Wildman–Crippen MR) is 90.4 cm³/mol. The average Bonchev–Trinajstić information content (AvgIpc) is 2.54. The number of thioether (sulfide) groups is 1. The Morgan fingerprint density at radius 2 is 1.74 bits per heavy atom. The Kier molecular flexibility index (Phi) is 4.86. The van der Waals surface area contributed by atoms with Crippen molar-refractivity contribution < 1.29 is 9.66 Å². The summed E-state index contributed by atoms with van der Waals surface area (Å²) in [5.74, 6) is 2.76. The molecule has 2 aliphatic heterocycles. The third-order valence-electron chi connectivity index (χ3n) is 4.00. The molecule has 0 amide bonds. The molecule has 2 unspecified atom stereocenters. The van der Waals surface area contributed by atoms with Crippen LogP contribution in [-0.4, -0.2) is 64.8 Å². The van der Waals surface area contributed by atoms with Crippen molar-refractivity contribution in [2.45, 2.75) is 26.1 Å². The van der Waals surface area contributed by atoms with Crippen molar-refractivity contribution in [3.63, 3.8) is 0 Å². The van der Waals surface area contributed by atoms with Gasteiger partial charge in [-0.05, 0) is 13.8 Å². The first-order chi connectivity index (χ1) is 11.1. The molecule has 1 aromatic rings. The molecule has 0 bridgehead atoms. The fourth-order valence-electron chi connectivity index (χ4n) is 3.11. The van der Waals surface area contributed by atoms with Gasteiger partial charge in [-0.15, -0.1) is 0 Å². The van der Waals surface area contributed by atoms with Crippen LogP contribution in [0.1, 0.15) is 13.8 Å². The Morgan fingerprint density at radius 3 is 2.30 bits per heavy atom. The van der Waals surface area contributed by atoms with Crippen LogP contribution >= 0.6 is 11.8 Å². The van der Waals surface area contributed by atoms with Crippen molar-refractivity contribution in [1.29, 1.82) is 0 Å². The van der Waals surface area contributed by atoms with Crippen molar-refractivity contribution in [2.24, 2.45) is 0 Å². The van der Waals surface area contributed by atoms with Gasteiger partial charge in [-0.25, -0.2) is 9.97 Å². The second kappa shape index (κ2) is 6.88. The van der Waals surface area contributed by atoms with Crippen LogP contribution in [0.2, 0.25) is 0 Å². The highest BCUT2D eigenvalue weighted by atomic mass is 32.2. The van der Waals surface area contributed by atoms with Crippen molar-refractivity contribution in [3.8, 4) is 0 Å². The standard InChI is InChI=1S/C14H21N5O3S/c1-10-7-18(8-11(2)22-10)14-12(19(20)21)13(15-9-16-14)17-3-5-23-6-4-17/h9-11H,3-8H2,1-2H3. The van der Waals surface area contributed by atoms with Gasteiger partial charge in [0.1, 0.15) is 6.33 Å². The van der Waals surface area contributed by atoms with Crippen LogP contribution in [0.3, 0.4) is 0 Å². The topological polar surface area (TPSA) is 84.6 Å². The third-order valence-corrected chi connectivity index (χ3v) is 4.94. The molecule has 23 heavy (non-hydrogen) atoms. The second-order valence-corrected chi connectivity index (χ2v) is 7.11. The molecule has 126 valence electrons. The fraction of sp³-hybridized carbons (Fsp3) is 0.714. The number of aromatic nitrogens is 2. The fourth-order valence-corrected chi connectivity index (χ4v) is 4.02. The zero-order chi connectivity index (χ0) is 16.4. The minimum Gasteiger partial charge on any atom is -0.372 e. The first-order valence-electron chi connectivity index (χ1n) is 7.78. The van der Waals surface area contributed by atoms with E-state index in [4.69, 9.17) is 4.74 Å². The maximum absolute atomic E-state index is 11.7. The minimum absolute atomic E-state index is 0.0145. The summed E-state index contributed by atoms with van der Waals surface area (Å²) in [7, 11) is 0. The van der Waals surface area contributed by atoms with Gasteiger partial charge in [0.25, 0.3) is 0 Å². The summed E-state index contributed by atoms with van der Waals surface area (Å²) in [6, 6.07) is 0. The molecule has 2 fully saturated rings. The van der Waals surface area contributed by atoms with E-state index in [0.29, 0.717) is 24.7 Å². The highest BCUT2D eigenvalue weighted by Crippen LogP contribution is 2.36. The Bertz CT molecular complexity index is 572. The second-order valence-electron chi connectivity index (χ2n) is 5.89. The number of rotatable bonds is 3. The van der Waals surface area contributed by atoms with E-state index in [1.807, 2.05) is 35.4 Å². The van der Waals surface area contributed by atoms with Gasteiger partial charge in [-0.1, -0.05) is 0 Å². The summed E-state index contributed by atoms with van der Waals surface area (Å²) in [4.78, 5) is 23.8. The van der Waals surface area contributed by atoms with Crippen LogP contribution in [0, 0.1) is 10.1 Å². The zero-order valence-electron chi connectivity index (χ0n) is 13.3. The molecule has 0 aliphatic carbocycles. The van der Waals surface area contributed by atoms with Gasteiger partial charge < -0.3 is 14.5 Å². The van der Waals surface area contributed by atoms with Crippen molar-refractivity contribution >= 4 is 29.1 Å². The molecule has 3 rings (SSSR count). The van der Waals surface area contributed by atoms with E-state index in [1.54, 1.807) is 0 Å². The first kappa shape index (κ1) is 16.3. The van der Waals surface area contributed by atoms with E-state index in [9.17, 15) is 10.1 Å². The largest absolute Gasteiger partial charge is 0.372 e. The number of nitro groups is 1. The minimum atomic E-state index is -0.350. The van der Waals surface area contributed by atoms with Gasteiger partial charge in [0.2, 0.25) is 11.6 Å². The highest BCUT2D eigenvalue weighted by molar-refractivity contribution is 7.99. The van der Waals surface area contributed by atoms with Crippen molar-refractivity contribution in [2.75, 3.05) is 47.5 Å². The lowest BCUT2D eigenvalue weighted by molar-refractivity contribution is -0.383. The van der Waals surface area contributed by atoms with E-state index < -0.39 is 0 Å². The Hall–Kier alpha value is -1.61. The maximum atomic E-state index is 11.7. The third kappa shape index (κ3) is 3.50. The van der Waals surface area contributed by atoms with E-state index >= 15 is 0 Å². The zero-order valence-corrected chi connectivity index (χ0v) is 14.2. The quantitative estimate of drug-likeness (QED) is 0.606. The van der Waals surface area contributed by atoms with Crippen molar-refractivity contribution in [3.05, 3.63) is 16.4 Å². The maximum Gasteiger partial charge on any atom is 0.353 e. The SMILES string of the molecule is CC1CN(c2ncnc(N3CCSCC3)c2[N+](=O)[O-])CC(C)O1. The molecule has 1 aromatic heterocycles. The van der Waals surface area contributed by atoms with E-state index in [-0.39, 0.29) is 22.8 Å². The van der Waals surface area contributed by atoms with E-state index in [2.05, 4.69) is 9.97 Å². The molecule has 3 heterocycles. The molecular weight excluding hydrogens is 318 g/mol. The molecule has 8 nitrogen and oxygen atoms in total. The number of anilines is 2. The summed E-state index contributed by atoms with van der Waals surface area (Å²) in [6.45, 7) is 6.68. The van der Waals surface area contributed by atoms with Crippen LogP contribution in [0.25, 0.3) is 0 Å². The van der Waals surface area contributed by atoms with Gasteiger partial charge in [0, 0.05) is 37.7 Å². The molecule has 0 aromatic carbocycles. The normalized spacial score (nSPS) is 25.5. The number of nitrogens with zero attached hydrogens (tertiary/aromatic N) is 5. The van der Waals surface area contributed by atoms with Crippen LogP contribution in [-0.2, 0) is 4.74 Å². The Morgan fingerprint density at radius 1 is 1.17 bits per heavy atom. The van der Waals surface area contributed by atoms with Gasteiger partial charge >= 0.3 is 5.69 Å². The molecule has 0 saturated carbocycles. The molecule has 0 spiro atoms. The molecule has 2 aliphatic rings. The van der Waals surface area contributed by atoms with E-state index in [1.165, 1.54) is 6.33 Å². The lowest BCUT2D eigenvalue weighted by Crippen LogP contribution is -2.46. The average molecular weight is 339 g/mol. The molecule has 2 saturated heterocycles. The molecular formula is C14H21N5O3S. The number of ether oxygens (including phenoxy) is 1. The van der Waals surface area contributed by atoms with Gasteiger partial charge in [0.05, 0.1) is 17.1 Å². The van der Waals surface area contributed by atoms with E-state index in [0.717, 1.165) is 24.6 Å². The first-order valence-corrected chi connectivity index (χ1v) is 8.94. The lowest BCUT2D eigenvalue weighted by atomic mass is 10.2. The molecule has 9 heteroatoms. The Labute approximate surface area is 139 Å². The predicted octanol–water partition coefficient (Wildman–Crippen LogP) is 1.55. The summed E-state index contributed by atoms with van der Waals surface area (Å²) >= 11 is 1.86. The smallest absolute Gasteiger partial charge is 0.353 e. The van der Waals surface area contributed by atoms with Crippen LogP contribution in [0.15, 0.2) is 6.33 Å². The van der Waals surface area contributed by atoms with Gasteiger partial charge in [0.15, 0.2) is 0 Å². The monoisotopic (exact) mass is 339 g/mol. The summed E-state index contributed by atoms with van der Waals surface area (Å²) in [5.41, 5.74) is 0.0145. The van der Waals surface area contributed by atoms with Gasteiger partial charge in [-0.2, -0.15) is 11.8 Å². The van der Waals surface area contributed by atoms with Gasteiger partial charge in [-0.3, -0.25) is 10.1 Å². The number of morpholine rings is 1. The summed E-state index contributed by atoms with van der Waals surface area (Å²) < 4.78 is 5.72. The summed E-state index contributed by atoms with van der Waals surface area (Å²) in [6.07, 6.45) is 1.47. The summed E-state index contributed by atoms with van der Waals surface area (Å²) in [5, 5.41) is 11.7. The Balaban J connectivity index is 1.97. The highest BCUT2D eigenvalue weighted by Gasteiger charge is 2.33. The van der Waals surface area contributed by atoms with Crippen molar-refractivity contribution in [1.82, 2.24) is 9.97 Å². The van der Waals surface area contributed by atoms with Crippen LogP contribution < -0.4 is 9.80 Å². The number of hydrogen-bond donors (Lipinski definition) is 0. The van der Waals surface area contributed by atoms with Crippen LogP contribution in [0.5, 0.6) is 0 Å². The number of hydrogen-bond acceptors (Lipinski definition) is 8. The lowest BCUT2D eigenvalue weighted by Gasteiger charge is -2.36.